The number of anilines is 1. The van der Waals surface area contributed by atoms with Gasteiger partial charge in [0.15, 0.2) is 0 Å². The molecular formula is C13H15N3O4. The third-order valence-electron chi connectivity index (χ3n) is 2.41. The summed E-state index contributed by atoms with van der Waals surface area (Å²) < 4.78 is 0. The second-order valence-corrected chi connectivity index (χ2v) is 4.57. The van der Waals surface area contributed by atoms with Crippen molar-refractivity contribution < 1.29 is 19.8 Å². The van der Waals surface area contributed by atoms with Crippen LogP contribution in [-0.2, 0) is 4.79 Å². The molecule has 1 aromatic carbocycles. The predicted molar refractivity (Wildman–Crippen MR) is 71.1 cm³/mol. The first-order chi connectivity index (χ1) is 9.32. The molecular weight excluding hydrogens is 262 g/mol. The second kappa shape index (κ2) is 6.54. The summed E-state index contributed by atoms with van der Waals surface area (Å²) >= 11 is 0. The fourth-order valence-electron chi connectivity index (χ4n) is 1.50. The van der Waals surface area contributed by atoms with Crippen molar-refractivity contribution in [3.8, 4) is 6.07 Å². The Morgan fingerprint density at radius 1 is 1.45 bits per heavy atom. The molecule has 0 aliphatic heterocycles. The highest BCUT2D eigenvalue weighted by Crippen LogP contribution is 2.10. The first-order valence-electron chi connectivity index (χ1n) is 5.81. The van der Waals surface area contributed by atoms with Crippen molar-refractivity contribution in [3.63, 3.8) is 0 Å². The number of aliphatic carboxylic acids is 1. The van der Waals surface area contributed by atoms with Crippen LogP contribution in [0.1, 0.15) is 18.9 Å². The van der Waals surface area contributed by atoms with Crippen LogP contribution >= 0.6 is 0 Å². The average molecular weight is 277 g/mol. The Kier molecular flexibility index (Phi) is 5.06. The standard InChI is InChI=1S/C13H15N3O4/c1-13(20,6-11(17)18)8-15-12(19)16-10-4-2-3-9(5-10)7-14/h2-5,20H,6,8H2,1H3,(H,17,18)(H2,15,16,19). The highest BCUT2D eigenvalue weighted by molar-refractivity contribution is 5.89. The van der Waals surface area contributed by atoms with Crippen molar-refractivity contribution in [2.75, 3.05) is 11.9 Å². The number of hydrogen-bond acceptors (Lipinski definition) is 4. The quantitative estimate of drug-likeness (QED) is 0.637. The van der Waals surface area contributed by atoms with Crippen LogP contribution in [0.15, 0.2) is 24.3 Å². The number of carbonyl (C=O) groups is 2. The first kappa shape index (κ1) is 15.5. The predicted octanol–water partition coefficient (Wildman–Crippen LogP) is 0.905. The highest BCUT2D eigenvalue weighted by atomic mass is 16.4. The Morgan fingerprint density at radius 2 is 2.15 bits per heavy atom. The molecule has 0 radical (unpaired) electrons. The number of rotatable bonds is 5. The zero-order valence-electron chi connectivity index (χ0n) is 10.9. The maximum absolute atomic E-state index is 11.6. The van der Waals surface area contributed by atoms with E-state index in [9.17, 15) is 14.7 Å². The Bertz CT molecular complexity index is 549. The molecule has 106 valence electrons. The molecule has 1 unspecified atom stereocenters. The SMILES string of the molecule is CC(O)(CNC(=O)Nc1cccc(C#N)c1)CC(=O)O. The van der Waals surface area contributed by atoms with E-state index >= 15 is 0 Å². The van der Waals surface area contributed by atoms with Gasteiger partial charge in [-0.15, -0.1) is 0 Å². The lowest BCUT2D eigenvalue weighted by molar-refractivity contribution is -0.141. The van der Waals surface area contributed by atoms with Gasteiger partial charge in [-0.1, -0.05) is 6.07 Å². The number of amides is 2. The van der Waals surface area contributed by atoms with E-state index in [-0.39, 0.29) is 6.54 Å². The number of urea groups is 1. The van der Waals surface area contributed by atoms with Crippen LogP contribution in [0.3, 0.4) is 0 Å². The molecule has 0 heterocycles. The van der Waals surface area contributed by atoms with Crippen LogP contribution in [0, 0.1) is 11.3 Å². The molecule has 0 bridgehead atoms. The molecule has 20 heavy (non-hydrogen) atoms. The van der Waals surface area contributed by atoms with Gasteiger partial charge >= 0.3 is 12.0 Å². The molecule has 0 fully saturated rings. The molecule has 0 aromatic heterocycles. The number of benzene rings is 1. The van der Waals surface area contributed by atoms with Gasteiger partial charge in [-0.05, 0) is 25.1 Å². The van der Waals surface area contributed by atoms with Gasteiger partial charge in [0.25, 0.3) is 0 Å². The monoisotopic (exact) mass is 277 g/mol. The summed E-state index contributed by atoms with van der Waals surface area (Å²) in [5, 5.41) is 31.9. The van der Waals surface area contributed by atoms with Crippen molar-refractivity contribution in [2.24, 2.45) is 0 Å². The van der Waals surface area contributed by atoms with Crippen LogP contribution < -0.4 is 10.6 Å². The van der Waals surface area contributed by atoms with Crippen LogP contribution in [0.2, 0.25) is 0 Å². The summed E-state index contributed by atoms with van der Waals surface area (Å²) in [6, 6.07) is 7.67. The molecule has 4 N–H and O–H groups in total. The number of nitrogens with one attached hydrogen (secondary N) is 2. The van der Waals surface area contributed by atoms with Gasteiger partial charge in [0.05, 0.1) is 23.7 Å². The van der Waals surface area contributed by atoms with Crippen LogP contribution in [-0.4, -0.2) is 34.4 Å². The van der Waals surface area contributed by atoms with Crippen LogP contribution in [0.25, 0.3) is 0 Å². The van der Waals surface area contributed by atoms with Gasteiger partial charge in [0.2, 0.25) is 0 Å². The van der Waals surface area contributed by atoms with E-state index in [0.717, 1.165) is 0 Å². The first-order valence-corrected chi connectivity index (χ1v) is 5.81. The van der Waals surface area contributed by atoms with Gasteiger partial charge in [-0.3, -0.25) is 4.79 Å². The summed E-state index contributed by atoms with van der Waals surface area (Å²) in [7, 11) is 0. The van der Waals surface area contributed by atoms with Gasteiger partial charge in [-0.25, -0.2) is 4.79 Å². The minimum atomic E-state index is -1.53. The molecule has 0 aliphatic carbocycles. The smallest absolute Gasteiger partial charge is 0.319 e. The lowest BCUT2D eigenvalue weighted by atomic mass is 10.0. The molecule has 1 rings (SSSR count). The molecule has 0 saturated carbocycles. The number of hydrogen-bond donors (Lipinski definition) is 4. The maximum atomic E-state index is 11.6. The number of nitriles is 1. The van der Waals surface area contributed by atoms with Gasteiger partial charge in [0, 0.05) is 12.2 Å². The van der Waals surface area contributed by atoms with Gasteiger partial charge < -0.3 is 20.8 Å². The Hall–Kier alpha value is -2.59. The molecule has 1 atom stereocenters. The average Bonchev–Trinajstić information content (AvgIpc) is 2.35. The molecule has 7 heteroatoms. The van der Waals surface area contributed by atoms with E-state index in [1.54, 1.807) is 18.2 Å². The van der Waals surface area contributed by atoms with E-state index in [4.69, 9.17) is 10.4 Å². The molecule has 7 nitrogen and oxygen atoms in total. The zero-order chi connectivity index (χ0) is 15.2. The van der Waals surface area contributed by atoms with Crippen molar-refractivity contribution in [2.45, 2.75) is 18.9 Å². The summed E-state index contributed by atoms with van der Waals surface area (Å²) in [5.41, 5.74) is -0.697. The second-order valence-electron chi connectivity index (χ2n) is 4.57. The fraction of sp³-hybridized carbons (Fsp3) is 0.308. The topological polar surface area (TPSA) is 122 Å². The largest absolute Gasteiger partial charge is 0.481 e. The van der Waals surface area contributed by atoms with Crippen molar-refractivity contribution in [1.29, 1.82) is 5.26 Å². The molecule has 0 aliphatic rings. The summed E-state index contributed by atoms with van der Waals surface area (Å²) in [6.07, 6.45) is -0.475. The molecule has 2 amide bonds. The normalized spacial score (nSPS) is 12.8. The molecule has 0 spiro atoms. The minimum Gasteiger partial charge on any atom is -0.481 e. The van der Waals surface area contributed by atoms with Crippen molar-refractivity contribution in [3.05, 3.63) is 29.8 Å². The molecule has 1 aromatic rings. The van der Waals surface area contributed by atoms with E-state index < -0.39 is 24.0 Å². The lowest BCUT2D eigenvalue weighted by Gasteiger charge is -2.21. The summed E-state index contributed by atoms with van der Waals surface area (Å²) in [4.78, 5) is 22.1. The maximum Gasteiger partial charge on any atom is 0.319 e. The fourth-order valence-corrected chi connectivity index (χ4v) is 1.50. The third kappa shape index (κ3) is 5.37. The van der Waals surface area contributed by atoms with Gasteiger partial charge in [0.1, 0.15) is 0 Å². The van der Waals surface area contributed by atoms with Crippen molar-refractivity contribution >= 4 is 17.7 Å². The van der Waals surface area contributed by atoms with E-state index in [1.807, 2.05) is 6.07 Å². The number of carbonyl (C=O) groups excluding carboxylic acids is 1. The number of aliphatic hydroxyl groups is 1. The number of nitrogens with zero attached hydrogens (tertiary/aromatic N) is 1. The number of carboxylic acids is 1. The molecule has 0 saturated heterocycles. The van der Waals surface area contributed by atoms with Gasteiger partial charge in [-0.2, -0.15) is 5.26 Å². The van der Waals surface area contributed by atoms with E-state index in [2.05, 4.69) is 10.6 Å². The van der Waals surface area contributed by atoms with Crippen LogP contribution in [0.5, 0.6) is 0 Å². The lowest BCUT2D eigenvalue weighted by Crippen LogP contribution is -2.43. The minimum absolute atomic E-state index is 0.205. The number of carboxylic acid groups (broad SMARTS) is 1. The van der Waals surface area contributed by atoms with E-state index in [0.29, 0.717) is 11.3 Å². The van der Waals surface area contributed by atoms with E-state index in [1.165, 1.54) is 13.0 Å². The summed E-state index contributed by atoms with van der Waals surface area (Å²) in [5.74, 6) is -1.15. The zero-order valence-corrected chi connectivity index (χ0v) is 10.9. The van der Waals surface area contributed by atoms with Crippen LogP contribution in [0.4, 0.5) is 10.5 Å². The Labute approximate surface area is 115 Å². The third-order valence-corrected chi connectivity index (χ3v) is 2.41. The Morgan fingerprint density at radius 3 is 2.75 bits per heavy atom. The van der Waals surface area contributed by atoms with Crippen molar-refractivity contribution in [1.82, 2.24) is 5.32 Å². The summed E-state index contributed by atoms with van der Waals surface area (Å²) in [6.45, 7) is 1.11. The highest BCUT2D eigenvalue weighted by Gasteiger charge is 2.24. The Balaban J connectivity index is 2.52.